The zero-order valence-electron chi connectivity index (χ0n) is 11.6. The van der Waals surface area contributed by atoms with Gasteiger partial charge in [0.1, 0.15) is 6.33 Å². The van der Waals surface area contributed by atoms with E-state index in [2.05, 4.69) is 34.6 Å². The molecule has 1 heterocycles. The number of carbonyl (C=O) groups is 1. The molecule has 0 radical (unpaired) electrons. The van der Waals surface area contributed by atoms with Gasteiger partial charge < -0.3 is 5.32 Å². The average molecular weight is 253 g/mol. The van der Waals surface area contributed by atoms with Gasteiger partial charge in [0.05, 0.1) is 12.6 Å². The van der Waals surface area contributed by atoms with Crippen LogP contribution in [-0.4, -0.2) is 32.8 Å². The van der Waals surface area contributed by atoms with Gasteiger partial charge in [-0.05, 0) is 19.8 Å². The van der Waals surface area contributed by atoms with Gasteiger partial charge in [0.2, 0.25) is 5.91 Å². The normalized spacial score (nSPS) is 12.7. The fraction of sp³-hybridized carbons (Fsp3) is 0.750. The summed E-state index contributed by atoms with van der Waals surface area (Å²) in [5.74, 6) is 0.722. The van der Waals surface area contributed by atoms with Gasteiger partial charge in [-0.3, -0.25) is 14.8 Å². The Kier molecular flexibility index (Phi) is 5.77. The molecule has 1 amide bonds. The topological polar surface area (TPSA) is 71.8 Å². The van der Waals surface area contributed by atoms with Crippen molar-refractivity contribution in [2.75, 3.05) is 0 Å². The summed E-state index contributed by atoms with van der Waals surface area (Å²) in [5.41, 5.74) is 0. The molecule has 0 aliphatic carbocycles. The average Bonchev–Trinajstić information content (AvgIpc) is 2.78. The molecule has 1 aromatic heterocycles. The van der Waals surface area contributed by atoms with Crippen molar-refractivity contribution in [3.8, 4) is 0 Å². The summed E-state index contributed by atoms with van der Waals surface area (Å²) in [5, 5.41) is 10.3. The van der Waals surface area contributed by atoms with Crippen LogP contribution in [0.4, 0.5) is 0 Å². The highest BCUT2D eigenvalue weighted by Crippen LogP contribution is 1.97. The number of aryl methyl sites for hydroxylation is 1. The van der Waals surface area contributed by atoms with Gasteiger partial charge in [-0.25, -0.2) is 4.98 Å². The van der Waals surface area contributed by atoms with Crippen LogP contribution in [0.3, 0.4) is 0 Å². The predicted molar refractivity (Wildman–Crippen MR) is 69.8 cm³/mol. The monoisotopic (exact) mass is 253 g/mol. The fourth-order valence-corrected chi connectivity index (χ4v) is 1.62. The Bertz CT molecular complexity index is 372. The first-order chi connectivity index (χ1) is 8.56. The minimum Gasteiger partial charge on any atom is -0.352 e. The van der Waals surface area contributed by atoms with E-state index in [0.717, 1.165) is 12.8 Å². The van der Waals surface area contributed by atoms with Crippen molar-refractivity contribution in [2.24, 2.45) is 7.05 Å². The molecule has 0 spiro atoms. The van der Waals surface area contributed by atoms with Crippen molar-refractivity contribution in [1.29, 1.82) is 0 Å². The summed E-state index contributed by atoms with van der Waals surface area (Å²) in [4.78, 5) is 16.0. The lowest BCUT2D eigenvalue weighted by Crippen LogP contribution is -2.45. The van der Waals surface area contributed by atoms with Gasteiger partial charge in [-0.15, -0.1) is 0 Å². The van der Waals surface area contributed by atoms with Crippen molar-refractivity contribution < 1.29 is 4.79 Å². The maximum atomic E-state index is 11.9. The molecule has 0 aliphatic rings. The SMILES string of the molecule is CCC(CC)NC(=O)C(C)NCc1ncn(C)n1. The van der Waals surface area contributed by atoms with Crippen LogP contribution in [0.2, 0.25) is 0 Å². The third-order valence-electron chi connectivity index (χ3n) is 2.94. The molecule has 0 aromatic carbocycles. The highest BCUT2D eigenvalue weighted by Gasteiger charge is 2.15. The van der Waals surface area contributed by atoms with E-state index in [1.54, 1.807) is 11.0 Å². The molecule has 102 valence electrons. The summed E-state index contributed by atoms with van der Waals surface area (Å²) >= 11 is 0. The minimum absolute atomic E-state index is 0.0274. The van der Waals surface area contributed by atoms with Crippen molar-refractivity contribution in [3.63, 3.8) is 0 Å². The lowest BCUT2D eigenvalue weighted by molar-refractivity contribution is -0.123. The molecule has 0 saturated heterocycles. The van der Waals surface area contributed by atoms with Crippen LogP contribution in [0.1, 0.15) is 39.4 Å². The molecular weight excluding hydrogens is 230 g/mol. The predicted octanol–water partition coefficient (Wildman–Crippen LogP) is 0.598. The van der Waals surface area contributed by atoms with Crippen molar-refractivity contribution in [1.82, 2.24) is 25.4 Å². The van der Waals surface area contributed by atoms with Gasteiger partial charge in [0.25, 0.3) is 0 Å². The maximum absolute atomic E-state index is 11.9. The van der Waals surface area contributed by atoms with Crippen molar-refractivity contribution in [3.05, 3.63) is 12.2 Å². The lowest BCUT2D eigenvalue weighted by Gasteiger charge is -2.18. The number of hydrogen-bond donors (Lipinski definition) is 2. The highest BCUT2D eigenvalue weighted by molar-refractivity contribution is 5.81. The molecule has 1 aromatic rings. The summed E-state index contributed by atoms with van der Waals surface area (Å²) < 4.78 is 1.64. The van der Waals surface area contributed by atoms with Crippen LogP contribution in [0.5, 0.6) is 0 Å². The zero-order chi connectivity index (χ0) is 13.5. The van der Waals surface area contributed by atoms with Gasteiger partial charge in [0.15, 0.2) is 5.82 Å². The van der Waals surface area contributed by atoms with E-state index in [1.165, 1.54) is 0 Å². The molecule has 1 unspecified atom stereocenters. The quantitative estimate of drug-likeness (QED) is 0.746. The summed E-state index contributed by atoms with van der Waals surface area (Å²) in [6, 6.07) is 0.0177. The molecule has 2 N–H and O–H groups in total. The number of aromatic nitrogens is 3. The lowest BCUT2D eigenvalue weighted by atomic mass is 10.1. The number of carbonyl (C=O) groups excluding carboxylic acids is 1. The Labute approximate surface area is 108 Å². The molecule has 6 nitrogen and oxygen atoms in total. The van der Waals surface area contributed by atoms with E-state index < -0.39 is 0 Å². The van der Waals surface area contributed by atoms with E-state index in [0.29, 0.717) is 12.4 Å². The Morgan fingerprint density at radius 2 is 2.11 bits per heavy atom. The molecule has 0 aliphatic heterocycles. The summed E-state index contributed by atoms with van der Waals surface area (Å²) in [7, 11) is 1.82. The molecule has 0 bridgehead atoms. The first-order valence-electron chi connectivity index (χ1n) is 6.45. The fourth-order valence-electron chi connectivity index (χ4n) is 1.62. The smallest absolute Gasteiger partial charge is 0.237 e. The minimum atomic E-state index is -0.241. The number of amides is 1. The van der Waals surface area contributed by atoms with Gasteiger partial charge in [-0.2, -0.15) is 5.10 Å². The Hall–Kier alpha value is -1.43. The van der Waals surface area contributed by atoms with Crippen LogP contribution in [-0.2, 0) is 18.4 Å². The zero-order valence-corrected chi connectivity index (χ0v) is 11.6. The number of rotatable bonds is 7. The summed E-state index contributed by atoms with van der Waals surface area (Å²) in [6.45, 7) is 6.49. The van der Waals surface area contributed by atoms with E-state index in [-0.39, 0.29) is 18.0 Å². The molecule has 1 rings (SSSR count). The number of nitrogens with zero attached hydrogens (tertiary/aromatic N) is 3. The van der Waals surface area contributed by atoms with E-state index >= 15 is 0 Å². The molecule has 0 fully saturated rings. The number of hydrogen-bond acceptors (Lipinski definition) is 4. The van der Waals surface area contributed by atoms with Crippen LogP contribution in [0.25, 0.3) is 0 Å². The largest absolute Gasteiger partial charge is 0.352 e. The first kappa shape index (κ1) is 14.6. The highest BCUT2D eigenvalue weighted by atomic mass is 16.2. The van der Waals surface area contributed by atoms with Crippen LogP contribution < -0.4 is 10.6 Å². The Morgan fingerprint density at radius 3 is 2.61 bits per heavy atom. The molecule has 0 saturated carbocycles. The van der Waals surface area contributed by atoms with E-state index in [1.807, 2.05) is 14.0 Å². The standard InChI is InChI=1S/C12H23N5O/c1-5-10(6-2)15-12(18)9(3)13-7-11-14-8-17(4)16-11/h8-10,13H,5-7H2,1-4H3,(H,15,18). The molecular formula is C12H23N5O. The van der Waals surface area contributed by atoms with E-state index in [9.17, 15) is 4.79 Å². The van der Waals surface area contributed by atoms with Gasteiger partial charge >= 0.3 is 0 Å². The third kappa shape index (κ3) is 4.44. The number of nitrogens with one attached hydrogen (secondary N) is 2. The van der Waals surface area contributed by atoms with Gasteiger partial charge in [-0.1, -0.05) is 13.8 Å². The second-order valence-electron chi connectivity index (χ2n) is 4.46. The second kappa shape index (κ2) is 7.10. The molecule has 6 heteroatoms. The van der Waals surface area contributed by atoms with Crippen LogP contribution >= 0.6 is 0 Å². The van der Waals surface area contributed by atoms with Crippen LogP contribution in [0.15, 0.2) is 6.33 Å². The Morgan fingerprint density at radius 1 is 1.44 bits per heavy atom. The van der Waals surface area contributed by atoms with Crippen molar-refractivity contribution in [2.45, 2.75) is 52.2 Å². The Balaban J connectivity index is 2.35. The summed E-state index contributed by atoms with van der Waals surface area (Å²) in [6.07, 6.45) is 3.56. The van der Waals surface area contributed by atoms with E-state index in [4.69, 9.17) is 0 Å². The third-order valence-corrected chi connectivity index (χ3v) is 2.94. The molecule has 1 atom stereocenters. The van der Waals surface area contributed by atoms with Gasteiger partial charge in [0, 0.05) is 13.1 Å². The maximum Gasteiger partial charge on any atom is 0.237 e. The molecule has 18 heavy (non-hydrogen) atoms. The van der Waals surface area contributed by atoms with Crippen molar-refractivity contribution >= 4 is 5.91 Å². The first-order valence-corrected chi connectivity index (χ1v) is 6.45. The van der Waals surface area contributed by atoms with Crippen LogP contribution in [0, 0.1) is 0 Å². The second-order valence-corrected chi connectivity index (χ2v) is 4.46.